The van der Waals surface area contributed by atoms with Crippen LogP contribution >= 0.6 is 0 Å². The predicted molar refractivity (Wildman–Crippen MR) is 79.7 cm³/mol. The molecule has 0 aliphatic rings. The summed E-state index contributed by atoms with van der Waals surface area (Å²) in [5.41, 5.74) is -0.448. The van der Waals surface area contributed by atoms with Crippen LogP contribution in [0.4, 0.5) is 11.4 Å². The highest BCUT2D eigenvalue weighted by Gasteiger charge is 2.27. The molecule has 0 aliphatic heterocycles. The quantitative estimate of drug-likeness (QED) is 0.500. The lowest BCUT2D eigenvalue weighted by molar-refractivity contribution is -0.386. The van der Waals surface area contributed by atoms with Crippen molar-refractivity contribution >= 4 is 11.4 Å². The maximum atomic E-state index is 11.0. The van der Waals surface area contributed by atoms with Crippen LogP contribution in [0.2, 0.25) is 0 Å². The SMILES string of the molecule is CCC(CO)(CO)Nc1ccc([N+](=O)[O-])c(OC(C)C)c1. The van der Waals surface area contributed by atoms with Crippen LogP contribution < -0.4 is 10.1 Å². The fraction of sp³-hybridized carbons (Fsp3) is 0.571. The summed E-state index contributed by atoms with van der Waals surface area (Å²) in [5.74, 6) is 0.154. The third kappa shape index (κ3) is 4.30. The number of nitrogens with one attached hydrogen (secondary N) is 1. The maximum Gasteiger partial charge on any atom is 0.311 e. The van der Waals surface area contributed by atoms with Gasteiger partial charge in [0.15, 0.2) is 5.75 Å². The fourth-order valence-corrected chi connectivity index (χ4v) is 1.84. The number of nitro groups is 1. The molecule has 0 radical (unpaired) electrons. The first-order valence-electron chi connectivity index (χ1n) is 6.82. The first-order valence-corrected chi connectivity index (χ1v) is 6.82. The molecule has 1 aromatic rings. The van der Waals surface area contributed by atoms with E-state index >= 15 is 0 Å². The maximum absolute atomic E-state index is 11.0. The second-order valence-corrected chi connectivity index (χ2v) is 5.18. The van der Waals surface area contributed by atoms with Gasteiger partial charge in [-0.25, -0.2) is 0 Å². The number of nitrogens with zero attached hydrogens (tertiary/aromatic N) is 1. The highest BCUT2D eigenvalue weighted by Crippen LogP contribution is 2.32. The summed E-state index contributed by atoms with van der Waals surface area (Å²) >= 11 is 0. The minimum Gasteiger partial charge on any atom is -0.484 e. The number of anilines is 1. The van der Waals surface area contributed by atoms with Crippen LogP contribution in [0.15, 0.2) is 18.2 Å². The minimum atomic E-state index is -0.870. The number of ether oxygens (including phenoxy) is 1. The number of rotatable bonds is 8. The molecule has 0 bridgehead atoms. The molecule has 118 valence electrons. The third-order valence-corrected chi connectivity index (χ3v) is 3.21. The van der Waals surface area contributed by atoms with E-state index in [0.29, 0.717) is 12.1 Å². The fourth-order valence-electron chi connectivity index (χ4n) is 1.84. The van der Waals surface area contributed by atoms with E-state index in [0.717, 1.165) is 0 Å². The molecule has 0 aliphatic carbocycles. The molecule has 0 amide bonds. The summed E-state index contributed by atoms with van der Waals surface area (Å²) in [6.07, 6.45) is 0.294. The van der Waals surface area contributed by atoms with Crippen LogP contribution in [0.25, 0.3) is 0 Å². The van der Waals surface area contributed by atoms with Crippen LogP contribution in [0.5, 0.6) is 5.75 Å². The molecule has 7 heteroatoms. The standard InChI is InChI=1S/C14H22N2O5/c1-4-14(8-17,9-18)15-11-5-6-12(16(19)20)13(7-11)21-10(2)3/h5-7,10,15,17-18H,4,8-9H2,1-3H3. The van der Waals surface area contributed by atoms with Crippen molar-refractivity contribution in [3.8, 4) is 5.75 Å². The van der Waals surface area contributed by atoms with Gasteiger partial charge in [-0.05, 0) is 26.3 Å². The van der Waals surface area contributed by atoms with E-state index in [1.807, 2.05) is 6.92 Å². The zero-order valence-electron chi connectivity index (χ0n) is 12.5. The van der Waals surface area contributed by atoms with Gasteiger partial charge in [-0.3, -0.25) is 10.1 Å². The lowest BCUT2D eigenvalue weighted by atomic mass is 9.98. The monoisotopic (exact) mass is 298 g/mol. The van der Waals surface area contributed by atoms with Gasteiger partial charge in [0.1, 0.15) is 0 Å². The van der Waals surface area contributed by atoms with Crippen molar-refractivity contribution in [3.63, 3.8) is 0 Å². The molecular weight excluding hydrogens is 276 g/mol. The Hall–Kier alpha value is -1.86. The van der Waals surface area contributed by atoms with Gasteiger partial charge in [0.25, 0.3) is 0 Å². The van der Waals surface area contributed by atoms with Crippen molar-refractivity contribution in [2.45, 2.75) is 38.8 Å². The average molecular weight is 298 g/mol. The average Bonchev–Trinajstić information content (AvgIpc) is 2.44. The Labute approximate surface area is 123 Å². The molecule has 0 saturated carbocycles. The molecule has 1 aromatic carbocycles. The van der Waals surface area contributed by atoms with Gasteiger partial charge in [-0.15, -0.1) is 0 Å². The van der Waals surface area contributed by atoms with Gasteiger partial charge >= 0.3 is 5.69 Å². The molecule has 0 spiro atoms. The lowest BCUT2D eigenvalue weighted by Crippen LogP contribution is -2.45. The van der Waals surface area contributed by atoms with E-state index in [2.05, 4.69) is 5.32 Å². The minimum absolute atomic E-state index is 0.121. The Morgan fingerprint density at radius 1 is 1.38 bits per heavy atom. The van der Waals surface area contributed by atoms with Crippen LogP contribution in [0.1, 0.15) is 27.2 Å². The van der Waals surface area contributed by atoms with Crippen molar-refractivity contribution in [1.82, 2.24) is 0 Å². The Balaban J connectivity index is 3.12. The summed E-state index contributed by atoms with van der Waals surface area (Å²) in [7, 11) is 0. The van der Waals surface area contributed by atoms with Crippen LogP contribution in [0, 0.1) is 10.1 Å². The molecule has 0 fully saturated rings. The van der Waals surface area contributed by atoms with Crippen molar-refractivity contribution < 1.29 is 19.9 Å². The van der Waals surface area contributed by atoms with E-state index in [4.69, 9.17) is 4.74 Å². The van der Waals surface area contributed by atoms with E-state index in [9.17, 15) is 20.3 Å². The molecular formula is C14H22N2O5. The van der Waals surface area contributed by atoms with Crippen molar-refractivity contribution in [1.29, 1.82) is 0 Å². The predicted octanol–water partition coefficient (Wildman–Crippen LogP) is 1.93. The number of nitro benzene ring substituents is 1. The zero-order chi connectivity index (χ0) is 16.0. The van der Waals surface area contributed by atoms with Crippen molar-refractivity contribution in [2.75, 3.05) is 18.5 Å². The van der Waals surface area contributed by atoms with Gasteiger partial charge in [0.2, 0.25) is 0 Å². The first-order chi connectivity index (χ1) is 9.87. The van der Waals surface area contributed by atoms with E-state index in [-0.39, 0.29) is 30.8 Å². The van der Waals surface area contributed by atoms with E-state index in [1.54, 1.807) is 13.8 Å². The van der Waals surface area contributed by atoms with Crippen molar-refractivity contribution in [2.24, 2.45) is 0 Å². The van der Waals surface area contributed by atoms with E-state index < -0.39 is 10.5 Å². The molecule has 0 aromatic heterocycles. The number of hydrogen-bond acceptors (Lipinski definition) is 6. The first kappa shape index (κ1) is 17.2. The highest BCUT2D eigenvalue weighted by molar-refractivity contribution is 5.59. The second kappa shape index (κ2) is 7.24. The molecule has 0 unspecified atom stereocenters. The summed E-state index contributed by atoms with van der Waals surface area (Å²) in [6.45, 7) is 4.88. The number of benzene rings is 1. The zero-order valence-corrected chi connectivity index (χ0v) is 12.5. The van der Waals surface area contributed by atoms with Gasteiger partial charge in [0, 0.05) is 17.8 Å². The second-order valence-electron chi connectivity index (χ2n) is 5.18. The summed E-state index contributed by atoms with van der Waals surface area (Å²) in [5, 5.41) is 32.9. The third-order valence-electron chi connectivity index (χ3n) is 3.21. The summed E-state index contributed by atoms with van der Waals surface area (Å²) in [6, 6.07) is 4.38. The molecule has 3 N–H and O–H groups in total. The molecule has 21 heavy (non-hydrogen) atoms. The summed E-state index contributed by atoms with van der Waals surface area (Å²) in [4.78, 5) is 10.5. The van der Waals surface area contributed by atoms with E-state index in [1.165, 1.54) is 18.2 Å². The van der Waals surface area contributed by atoms with Crippen LogP contribution in [-0.4, -0.2) is 40.0 Å². The topological polar surface area (TPSA) is 105 Å². The molecule has 0 atom stereocenters. The lowest BCUT2D eigenvalue weighted by Gasteiger charge is -2.31. The van der Waals surface area contributed by atoms with Crippen LogP contribution in [0.3, 0.4) is 0 Å². The van der Waals surface area contributed by atoms with Gasteiger partial charge in [-0.1, -0.05) is 6.92 Å². The largest absolute Gasteiger partial charge is 0.484 e. The van der Waals surface area contributed by atoms with Gasteiger partial charge < -0.3 is 20.3 Å². The smallest absolute Gasteiger partial charge is 0.311 e. The highest BCUT2D eigenvalue weighted by atomic mass is 16.6. The Morgan fingerprint density at radius 3 is 2.43 bits per heavy atom. The summed E-state index contributed by atoms with van der Waals surface area (Å²) < 4.78 is 5.46. The Kier molecular flexibility index (Phi) is 5.92. The van der Waals surface area contributed by atoms with Gasteiger partial charge in [-0.2, -0.15) is 0 Å². The number of aliphatic hydroxyl groups is 2. The normalized spacial score (nSPS) is 11.5. The van der Waals surface area contributed by atoms with Crippen molar-refractivity contribution in [3.05, 3.63) is 28.3 Å². The number of aliphatic hydroxyl groups excluding tert-OH is 2. The number of hydrogen-bond donors (Lipinski definition) is 3. The van der Waals surface area contributed by atoms with Crippen LogP contribution in [-0.2, 0) is 0 Å². The Morgan fingerprint density at radius 2 is 2.00 bits per heavy atom. The molecule has 0 saturated heterocycles. The molecule has 1 rings (SSSR count). The molecule has 7 nitrogen and oxygen atoms in total. The molecule has 0 heterocycles. The van der Waals surface area contributed by atoms with Gasteiger partial charge in [0.05, 0.1) is 29.8 Å². The Bertz CT molecular complexity index is 478.